The van der Waals surface area contributed by atoms with Crippen molar-refractivity contribution in [2.75, 3.05) is 6.54 Å². The summed E-state index contributed by atoms with van der Waals surface area (Å²) < 4.78 is 5.55. The number of amides is 1. The molecule has 6 nitrogen and oxygen atoms in total. The highest BCUT2D eigenvalue weighted by Crippen LogP contribution is 2.22. The van der Waals surface area contributed by atoms with E-state index < -0.39 is 5.60 Å². The van der Waals surface area contributed by atoms with Crippen molar-refractivity contribution in [2.45, 2.75) is 71.2 Å². The van der Waals surface area contributed by atoms with Crippen LogP contribution in [0.25, 0.3) is 0 Å². The number of nitrogens with zero attached hydrogens (tertiary/aromatic N) is 2. The first kappa shape index (κ1) is 16.8. The van der Waals surface area contributed by atoms with Crippen molar-refractivity contribution < 1.29 is 9.53 Å². The van der Waals surface area contributed by atoms with Crippen molar-refractivity contribution >= 4 is 6.09 Å². The van der Waals surface area contributed by atoms with Gasteiger partial charge in [-0.2, -0.15) is 5.10 Å². The number of ether oxygens (including phenoxy) is 1. The van der Waals surface area contributed by atoms with Crippen molar-refractivity contribution in [1.82, 2.24) is 20.4 Å². The van der Waals surface area contributed by atoms with Crippen LogP contribution in [0, 0.1) is 0 Å². The molecule has 124 valence electrons. The topological polar surface area (TPSA) is 70.2 Å². The second kappa shape index (κ2) is 7.13. The highest BCUT2D eigenvalue weighted by Gasteiger charge is 2.33. The van der Waals surface area contributed by atoms with Crippen LogP contribution in [0.3, 0.4) is 0 Å². The molecule has 1 aliphatic heterocycles. The monoisotopic (exact) mass is 308 g/mol. The number of hydrogen-bond donors (Lipinski definition) is 2. The standard InChI is InChI=1S/C16H28N4O2/c1-12(17-11-13-8-9-18-19-13)14-7-5-6-10-20(14)15(21)22-16(2,3)4/h8-9,12,14,17H,5-7,10-11H2,1-4H3,(H,18,19)/t12?,14-/m1/s1. The molecule has 1 saturated heterocycles. The Morgan fingerprint density at radius 3 is 2.95 bits per heavy atom. The number of carbonyl (C=O) groups is 1. The molecule has 2 heterocycles. The maximum Gasteiger partial charge on any atom is 0.410 e. The van der Waals surface area contributed by atoms with Gasteiger partial charge in [-0.05, 0) is 53.0 Å². The predicted molar refractivity (Wildman–Crippen MR) is 85.5 cm³/mol. The molecule has 1 unspecified atom stereocenters. The van der Waals surface area contributed by atoms with E-state index in [0.29, 0.717) is 0 Å². The number of H-pyrrole nitrogens is 1. The summed E-state index contributed by atoms with van der Waals surface area (Å²) in [6.45, 7) is 9.34. The maximum absolute atomic E-state index is 12.4. The van der Waals surface area contributed by atoms with Gasteiger partial charge in [0.05, 0.1) is 6.04 Å². The highest BCUT2D eigenvalue weighted by atomic mass is 16.6. The average Bonchev–Trinajstić information content (AvgIpc) is 2.96. The maximum atomic E-state index is 12.4. The van der Waals surface area contributed by atoms with Gasteiger partial charge in [0.15, 0.2) is 0 Å². The number of aromatic amines is 1. The molecule has 22 heavy (non-hydrogen) atoms. The smallest absolute Gasteiger partial charge is 0.410 e. The van der Waals surface area contributed by atoms with Crippen molar-refractivity contribution in [3.8, 4) is 0 Å². The molecule has 0 radical (unpaired) electrons. The predicted octanol–water partition coefficient (Wildman–Crippen LogP) is 2.68. The van der Waals surface area contributed by atoms with Crippen LogP contribution < -0.4 is 5.32 Å². The van der Waals surface area contributed by atoms with Gasteiger partial charge in [0.2, 0.25) is 0 Å². The van der Waals surface area contributed by atoms with Crippen LogP contribution in [-0.2, 0) is 11.3 Å². The highest BCUT2D eigenvalue weighted by molar-refractivity contribution is 5.68. The molecule has 6 heteroatoms. The first-order chi connectivity index (χ1) is 10.4. The van der Waals surface area contributed by atoms with Gasteiger partial charge in [-0.15, -0.1) is 0 Å². The lowest BCUT2D eigenvalue weighted by atomic mass is 9.97. The van der Waals surface area contributed by atoms with E-state index in [-0.39, 0.29) is 18.2 Å². The van der Waals surface area contributed by atoms with Crippen LogP contribution >= 0.6 is 0 Å². The van der Waals surface area contributed by atoms with E-state index in [4.69, 9.17) is 4.74 Å². The molecular formula is C16H28N4O2. The second-order valence-electron chi connectivity index (χ2n) is 6.99. The van der Waals surface area contributed by atoms with E-state index in [1.165, 1.54) is 0 Å². The molecule has 1 aromatic heterocycles. The average molecular weight is 308 g/mol. The molecule has 2 N–H and O–H groups in total. The Bertz CT molecular complexity index is 467. The van der Waals surface area contributed by atoms with Crippen molar-refractivity contribution in [3.63, 3.8) is 0 Å². The van der Waals surface area contributed by atoms with E-state index in [1.807, 2.05) is 31.7 Å². The molecule has 0 spiro atoms. The largest absolute Gasteiger partial charge is 0.444 e. The lowest BCUT2D eigenvalue weighted by molar-refractivity contribution is 0.00552. The summed E-state index contributed by atoms with van der Waals surface area (Å²) >= 11 is 0. The normalized spacial score (nSPS) is 20.7. The summed E-state index contributed by atoms with van der Waals surface area (Å²) in [5.41, 5.74) is 0.595. The number of nitrogens with one attached hydrogen (secondary N) is 2. The Morgan fingerprint density at radius 2 is 2.32 bits per heavy atom. The van der Waals surface area contributed by atoms with Crippen molar-refractivity contribution in [2.24, 2.45) is 0 Å². The number of likely N-dealkylation sites (tertiary alicyclic amines) is 1. The number of aromatic nitrogens is 2. The molecule has 2 rings (SSSR count). The lowest BCUT2D eigenvalue weighted by Gasteiger charge is -2.40. The fraction of sp³-hybridized carbons (Fsp3) is 0.750. The molecule has 0 saturated carbocycles. The summed E-state index contributed by atoms with van der Waals surface area (Å²) in [6, 6.07) is 2.33. The Hall–Kier alpha value is -1.56. The van der Waals surface area contributed by atoms with Gasteiger partial charge in [-0.1, -0.05) is 0 Å². The molecule has 1 aromatic rings. The molecule has 0 aliphatic carbocycles. The first-order valence-electron chi connectivity index (χ1n) is 8.08. The Kier molecular flexibility index (Phi) is 5.45. The first-order valence-corrected chi connectivity index (χ1v) is 8.08. The summed E-state index contributed by atoms with van der Waals surface area (Å²) in [7, 11) is 0. The van der Waals surface area contributed by atoms with Crippen molar-refractivity contribution in [3.05, 3.63) is 18.0 Å². The van der Waals surface area contributed by atoms with Crippen LogP contribution in [0.5, 0.6) is 0 Å². The van der Waals surface area contributed by atoms with Crippen LogP contribution in [0.1, 0.15) is 52.7 Å². The van der Waals surface area contributed by atoms with Gasteiger partial charge in [0.1, 0.15) is 5.60 Å². The fourth-order valence-corrected chi connectivity index (χ4v) is 2.81. The molecule has 0 aromatic carbocycles. The van der Waals surface area contributed by atoms with E-state index in [1.54, 1.807) is 6.20 Å². The Balaban J connectivity index is 1.94. The molecule has 1 fully saturated rings. The van der Waals surface area contributed by atoms with E-state index in [9.17, 15) is 4.79 Å². The molecule has 1 amide bonds. The van der Waals surface area contributed by atoms with Crippen LogP contribution in [0.15, 0.2) is 12.3 Å². The van der Waals surface area contributed by atoms with E-state index in [2.05, 4.69) is 22.4 Å². The minimum absolute atomic E-state index is 0.173. The van der Waals surface area contributed by atoms with Crippen molar-refractivity contribution in [1.29, 1.82) is 0 Å². The third-order valence-corrected chi connectivity index (χ3v) is 3.93. The summed E-state index contributed by atoms with van der Waals surface area (Å²) in [5, 5.41) is 10.4. The summed E-state index contributed by atoms with van der Waals surface area (Å²) in [4.78, 5) is 14.3. The minimum Gasteiger partial charge on any atom is -0.444 e. The zero-order valence-electron chi connectivity index (χ0n) is 14.1. The van der Waals surface area contributed by atoms with Gasteiger partial charge in [0.25, 0.3) is 0 Å². The van der Waals surface area contributed by atoms with Gasteiger partial charge in [-0.25, -0.2) is 4.79 Å². The number of piperidine rings is 1. The third-order valence-electron chi connectivity index (χ3n) is 3.93. The second-order valence-corrected chi connectivity index (χ2v) is 6.99. The number of hydrogen-bond acceptors (Lipinski definition) is 4. The zero-order valence-corrected chi connectivity index (χ0v) is 14.1. The molecule has 0 bridgehead atoms. The molecule has 2 atom stereocenters. The number of rotatable bonds is 4. The van der Waals surface area contributed by atoms with Crippen LogP contribution in [-0.4, -0.2) is 45.4 Å². The lowest BCUT2D eigenvalue weighted by Crippen LogP contribution is -2.54. The van der Waals surface area contributed by atoms with Crippen LogP contribution in [0.2, 0.25) is 0 Å². The summed E-state index contributed by atoms with van der Waals surface area (Å²) in [6.07, 6.45) is 4.75. The van der Waals surface area contributed by atoms with Gasteiger partial charge >= 0.3 is 6.09 Å². The minimum atomic E-state index is -0.453. The number of carbonyl (C=O) groups excluding carboxylic acids is 1. The van der Waals surface area contributed by atoms with Crippen LogP contribution in [0.4, 0.5) is 4.79 Å². The quantitative estimate of drug-likeness (QED) is 0.897. The van der Waals surface area contributed by atoms with E-state index >= 15 is 0 Å². The molecular weight excluding hydrogens is 280 g/mol. The Morgan fingerprint density at radius 1 is 1.55 bits per heavy atom. The van der Waals surface area contributed by atoms with Gasteiger partial charge in [0, 0.05) is 31.0 Å². The zero-order chi connectivity index (χ0) is 16.2. The third kappa shape index (κ3) is 4.73. The van der Waals surface area contributed by atoms with Gasteiger partial charge < -0.3 is 15.0 Å². The Labute approximate surface area is 132 Å². The SMILES string of the molecule is CC(NCc1ccn[nH]1)[C@H]1CCCCN1C(=O)OC(C)(C)C. The van der Waals surface area contributed by atoms with E-state index in [0.717, 1.165) is 38.0 Å². The fourth-order valence-electron chi connectivity index (χ4n) is 2.81. The van der Waals surface area contributed by atoms with Gasteiger partial charge in [-0.3, -0.25) is 5.10 Å². The molecule has 1 aliphatic rings. The summed E-state index contributed by atoms with van der Waals surface area (Å²) in [5.74, 6) is 0.